The van der Waals surface area contributed by atoms with Crippen molar-refractivity contribution in [2.24, 2.45) is 0 Å². The average Bonchev–Trinajstić information content (AvgIpc) is 2.23. The summed E-state index contributed by atoms with van der Waals surface area (Å²) < 4.78 is 18.2. The van der Waals surface area contributed by atoms with E-state index in [-0.39, 0.29) is 5.70 Å². The van der Waals surface area contributed by atoms with Crippen LogP contribution in [0.2, 0.25) is 0 Å². The van der Waals surface area contributed by atoms with Gasteiger partial charge in [0, 0.05) is 0 Å². The Kier molecular flexibility index (Phi) is 7.42. The summed E-state index contributed by atoms with van der Waals surface area (Å²) in [6.07, 6.45) is 4.58. The second kappa shape index (κ2) is 8.09. The van der Waals surface area contributed by atoms with Gasteiger partial charge >= 0.3 is 0 Å². The van der Waals surface area contributed by atoms with Crippen LogP contribution >= 0.6 is 0 Å². The summed E-state index contributed by atoms with van der Waals surface area (Å²) in [4.78, 5) is 0. The summed E-state index contributed by atoms with van der Waals surface area (Å²) in [6.45, 7) is 11.5. The molecule has 86 valence electrons. The monoisotopic (exact) mass is 213 g/mol. The molecule has 0 bridgehead atoms. The number of hydrogen-bond acceptors (Lipinski definition) is 2. The lowest BCUT2D eigenvalue weighted by molar-refractivity contribution is 0.191. The third-order valence-corrected chi connectivity index (χ3v) is 1.86. The Morgan fingerprint density at radius 3 is 2.60 bits per heavy atom. The Morgan fingerprint density at radius 2 is 2.07 bits per heavy atom. The second-order valence-corrected chi connectivity index (χ2v) is 3.22. The molecule has 1 N–H and O–H groups in total. The van der Waals surface area contributed by atoms with Crippen LogP contribution in [0.4, 0.5) is 4.39 Å². The van der Waals surface area contributed by atoms with Gasteiger partial charge in [-0.25, -0.2) is 4.39 Å². The molecule has 0 aliphatic rings. The molecular formula is C12H20FNO. The van der Waals surface area contributed by atoms with Crippen molar-refractivity contribution in [1.82, 2.24) is 5.32 Å². The molecule has 0 aliphatic carbocycles. The van der Waals surface area contributed by atoms with Crippen molar-refractivity contribution in [2.45, 2.75) is 33.1 Å². The van der Waals surface area contributed by atoms with E-state index in [2.05, 4.69) is 25.4 Å². The Bertz CT molecular complexity index is 246. The van der Waals surface area contributed by atoms with Crippen LogP contribution < -0.4 is 5.32 Å². The van der Waals surface area contributed by atoms with Gasteiger partial charge in [-0.15, -0.1) is 0 Å². The number of hydrogen-bond donors (Lipinski definition) is 1. The lowest BCUT2D eigenvalue weighted by atomic mass is 10.3. The first-order valence-electron chi connectivity index (χ1n) is 5.21. The molecule has 0 fully saturated rings. The van der Waals surface area contributed by atoms with E-state index in [0.29, 0.717) is 12.5 Å². The van der Waals surface area contributed by atoms with E-state index in [4.69, 9.17) is 4.74 Å². The van der Waals surface area contributed by atoms with Gasteiger partial charge in [0.25, 0.3) is 0 Å². The SMILES string of the molecule is C=C(NC(=C)/C(F)=C\C)OCCCCC. The number of rotatable bonds is 8. The van der Waals surface area contributed by atoms with E-state index in [0.717, 1.165) is 19.3 Å². The fourth-order valence-electron chi connectivity index (χ4n) is 0.986. The maximum absolute atomic E-state index is 12.9. The first-order valence-corrected chi connectivity index (χ1v) is 5.21. The number of ether oxygens (including phenoxy) is 1. The highest BCUT2D eigenvalue weighted by Crippen LogP contribution is 2.07. The number of allylic oxidation sites excluding steroid dienone is 2. The minimum Gasteiger partial charge on any atom is -0.479 e. The fraction of sp³-hybridized carbons (Fsp3) is 0.500. The summed E-state index contributed by atoms with van der Waals surface area (Å²) in [5.74, 6) is -0.0542. The lowest BCUT2D eigenvalue weighted by Gasteiger charge is -2.11. The minimum absolute atomic E-state index is 0.179. The predicted octanol–water partition coefficient (Wildman–Crippen LogP) is 3.64. The predicted molar refractivity (Wildman–Crippen MR) is 61.8 cm³/mol. The molecule has 0 spiro atoms. The summed E-state index contributed by atoms with van der Waals surface area (Å²) in [5, 5.41) is 2.65. The second-order valence-electron chi connectivity index (χ2n) is 3.22. The van der Waals surface area contributed by atoms with Gasteiger partial charge in [0.1, 0.15) is 5.83 Å². The Hall–Kier alpha value is -1.25. The van der Waals surface area contributed by atoms with Gasteiger partial charge in [-0.3, -0.25) is 0 Å². The zero-order valence-corrected chi connectivity index (χ0v) is 9.61. The first-order chi connectivity index (χ1) is 7.11. The number of nitrogens with one attached hydrogen (secondary N) is 1. The molecule has 0 amide bonds. The van der Waals surface area contributed by atoms with Crippen LogP contribution in [0.1, 0.15) is 33.1 Å². The largest absolute Gasteiger partial charge is 0.479 e. The third-order valence-electron chi connectivity index (χ3n) is 1.86. The van der Waals surface area contributed by atoms with E-state index in [1.54, 1.807) is 6.92 Å². The van der Waals surface area contributed by atoms with Crippen LogP contribution in [-0.2, 0) is 4.74 Å². The number of unbranched alkanes of at least 4 members (excludes halogenated alkanes) is 2. The van der Waals surface area contributed by atoms with Gasteiger partial charge in [0.05, 0.1) is 12.3 Å². The van der Waals surface area contributed by atoms with Crippen molar-refractivity contribution in [1.29, 1.82) is 0 Å². The molecule has 0 unspecified atom stereocenters. The first kappa shape index (κ1) is 13.8. The van der Waals surface area contributed by atoms with Crippen molar-refractivity contribution in [3.63, 3.8) is 0 Å². The zero-order chi connectivity index (χ0) is 11.7. The standard InChI is InChI=1S/C12H20FNO/c1-5-7-8-9-15-11(4)14-10(3)12(13)6-2/h6,14H,3-5,7-9H2,1-2H3/b12-6+. The van der Waals surface area contributed by atoms with E-state index < -0.39 is 5.83 Å². The third kappa shape index (κ3) is 6.77. The summed E-state index contributed by atoms with van der Waals surface area (Å²) in [6, 6.07) is 0. The normalized spacial score (nSPS) is 11.0. The molecule has 2 nitrogen and oxygen atoms in total. The quantitative estimate of drug-likeness (QED) is 0.377. The van der Waals surface area contributed by atoms with Gasteiger partial charge < -0.3 is 10.1 Å². The maximum atomic E-state index is 12.9. The van der Waals surface area contributed by atoms with Crippen molar-refractivity contribution < 1.29 is 9.13 Å². The van der Waals surface area contributed by atoms with Crippen LogP contribution in [0.25, 0.3) is 0 Å². The highest BCUT2D eigenvalue weighted by atomic mass is 19.1. The Morgan fingerprint density at radius 1 is 1.40 bits per heavy atom. The maximum Gasteiger partial charge on any atom is 0.183 e. The van der Waals surface area contributed by atoms with Crippen molar-refractivity contribution in [3.8, 4) is 0 Å². The van der Waals surface area contributed by atoms with Gasteiger partial charge in [-0.05, 0) is 26.0 Å². The van der Waals surface area contributed by atoms with Crippen LogP contribution in [0.3, 0.4) is 0 Å². The summed E-state index contributed by atoms with van der Waals surface area (Å²) in [5.41, 5.74) is 0.179. The highest BCUT2D eigenvalue weighted by Gasteiger charge is 2.01. The van der Waals surface area contributed by atoms with Crippen LogP contribution in [-0.4, -0.2) is 6.61 Å². The number of halogens is 1. The molecule has 0 aliphatic heterocycles. The van der Waals surface area contributed by atoms with E-state index in [1.807, 2.05) is 0 Å². The summed E-state index contributed by atoms with van der Waals surface area (Å²) >= 11 is 0. The van der Waals surface area contributed by atoms with Crippen molar-refractivity contribution >= 4 is 0 Å². The molecule has 0 heterocycles. The van der Waals surface area contributed by atoms with Gasteiger partial charge in [-0.1, -0.05) is 26.3 Å². The average molecular weight is 213 g/mol. The Labute approximate surface area is 91.5 Å². The zero-order valence-electron chi connectivity index (χ0n) is 9.61. The highest BCUT2D eigenvalue weighted by molar-refractivity contribution is 5.21. The molecule has 0 saturated carbocycles. The minimum atomic E-state index is -0.395. The van der Waals surface area contributed by atoms with Crippen LogP contribution in [0.5, 0.6) is 0 Å². The molecule has 0 rings (SSSR count). The van der Waals surface area contributed by atoms with Crippen molar-refractivity contribution in [3.05, 3.63) is 36.6 Å². The molecule has 0 aromatic rings. The molecule has 0 atom stereocenters. The summed E-state index contributed by atoms with van der Waals surface area (Å²) in [7, 11) is 0. The van der Waals surface area contributed by atoms with Crippen LogP contribution in [0, 0.1) is 0 Å². The topological polar surface area (TPSA) is 21.3 Å². The van der Waals surface area contributed by atoms with Gasteiger partial charge in [-0.2, -0.15) is 0 Å². The molecular weight excluding hydrogens is 193 g/mol. The molecule has 0 saturated heterocycles. The van der Waals surface area contributed by atoms with Crippen LogP contribution in [0.15, 0.2) is 36.6 Å². The molecule has 3 heteroatoms. The Balaban J connectivity index is 3.70. The van der Waals surface area contributed by atoms with E-state index in [9.17, 15) is 4.39 Å². The molecule has 0 radical (unpaired) electrons. The van der Waals surface area contributed by atoms with E-state index in [1.165, 1.54) is 6.08 Å². The van der Waals surface area contributed by atoms with Crippen molar-refractivity contribution in [2.75, 3.05) is 6.61 Å². The molecule has 0 aromatic heterocycles. The molecule has 15 heavy (non-hydrogen) atoms. The fourth-order valence-corrected chi connectivity index (χ4v) is 0.986. The van der Waals surface area contributed by atoms with E-state index >= 15 is 0 Å². The lowest BCUT2D eigenvalue weighted by Crippen LogP contribution is -2.14. The van der Waals surface area contributed by atoms with Gasteiger partial charge in [0.15, 0.2) is 5.88 Å². The van der Waals surface area contributed by atoms with Gasteiger partial charge in [0.2, 0.25) is 0 Å². The molecule has 0 aromatic carbocycles. The smallest absolute Gasteiger partial charge is 0.183 e.